The highest BCUT2D eigenvalue weighted by Gasteiger charge is 2.21. The Hall–Kier alpha value is -2.93. The third-order valence-corrected chi connectivity index (χ3v) is 4.90. The van der Waals surface area contributed by atoms with Crippen LogP contribution in [-0.4, -0.2) is 50.8 Å². The topological polar surface area (TPSA) is 76.1 Å². The van der Waals surface area contributed by atoms with Crippen LogP contribution in [0.2, 0.25) is 0 Å². The number of hydrogen-bond donors (Lipinski definition) is 1. The monoisotopic (exact) mass is 363 g/mol. The number of piperazine rings is 1. The Balaban J connectivity index is 1.44. The van der Waals surface area contributed by atoms with E-state index < -0.39 is 0 Å². The number of nitrogen functional groups attached to an aromatic ring is 1. The smallest absolute Gasteiger partial charge is 0.222 e. The lowest BCUT2D eigenvalue weighted by Crippen LogP contribution is -2.46. The summed E-state index contributed by atoms with van der Waals surface area (Å²) in [5.74, 6) is 1.27. The van der Waals surface area contributed by atoms with Crippen LogP contribution in [0.5, 0.6) is 0 Å². The molecule has 1 aliphatic heterocycles. The molecule has 4 rings (SSSR count). The lowest BCUT2D eigenvalue weighted by molar-refractivity contribution is 0.249. The van der Waals surface area contributed by atoms with Crippen molar-refractivity contribution in [1.82, 2.24) is 24.6 Å². The summed E-state index contributed by atoms with van der Waals surface area (Å²) in [5, 5.41) is 4.68. The van der Waals surface area contributed by atoms with E-state index in [1.165, 1.54) is 11.1 Å². The lowest BCUT2D eigenvalue weighted by Gasteiger charge is -2.35. The van der Waals surface area contributed by atoms with Crippen molar-refractivity contribution in [3.63, 3.8) is 0 Å². The maximum atomic E-state index is 5.80. The Morgan fingerprint density at radius 1 is 1.04 bits per heavy atom. The van der Waals surface area contributed by atoms with Gasteiger partial charge in [0, 0.05) is 68.9 Å². The molecule has 7 heteroatoms. The molecule has 1 aromatic carbocycles. The van der Waals surface area contributed by atoms with Gasteiger partial charge >= 0.3 is 0 Å². The molecule has 27 heavy (non-hydrogen) atoms. The number of aryl methyl sites for hydroxylation is 2. The van der Waals surface area contributed by atoms with E-state index in [1.54, 1.807) is 0 Å². The van der Waals surface area contributed by atoms with Crippen LogP contribution < -0.4 is 10.6 Å². The molecule has 2 N–H and O–H groups in total. The minimum absolute atomic E-state index is 0.343. The van der Waals surface area contributed by atoms with E-state index >= 15 is 0 Å². The highest BCUT2D eigenvalue weighted by molar-refractivity contribution is 5.62. The van der Waals surface area contributed by atoms with Gasteiger partial charge in [-0.3, -0.25) is 9.58 Å². The number of rotatable bonds is 4. The zero-order valence-corrected chi connectivity index (χ0v) is 15.8. The van der Waals surface area contributed by atoms with E-state index in [9.17, 15) is 0 Å². The normalized spacial score (nSPS) is 15.3. The Morgan fingerprint density at radius 2 is 1.78 bits per heavy atom. The quantitative estimate of drug-likeness (QED) is 0.765. The van der Waals surface area contributed by atoms with Crippen LogP contribution in [0.25, 0.3) is 11.3 Å². The van der Waals surface area contributed by atoms with Gasteiger partial charge in [-0.1, -0.05) is 30.3 Å². The number of benzene rings is 1. The minimum Gasteiger partial charge on any atom is -0.368 e. The summed E-state index contributed by atoms with van der Waals surface area (Å²) in [7, 11) is 1.98. The van der Waals surface area contributed by atoms with Crippen LogP contribution in [0.15, 0.2) is 42.6 Å². The molecule has 0 unspecified atom stereocenters. The Labute approximate surface area is 159 Å². The molecule has 0 saturated carbocycles. The summed E-state index contributed by atoms with van der Waals surface area (Å²) < 4.78 is 1.90. The largest absolute Gasteiger partial charge is 0.368 e. The van der Waals surface area contributed by atoms with Gasteiger partial charge in [0.05, 0.1) is 5.69 Å². The molecule has 0 amide bonds. The molecule has 2 aromatic heterocycles. The molecular formula is C20H25N7. The van der Waals surface area contributed by atoms with E-state index in [4.69, 9.17) is 5.73 Å². The van der Waals surface area contributed by atoms with Gasteiger partial charge in [0.2, 0.25) is 5.95 Å². The van der Waals surface area contributed by atoms with Crippen molar-refractivity contribution in [2.45, 2.75) is 13.5 Å². The molecule has 1 aliphatic rings. The molecule has 0 bridgehead atoms. The number of nitrogens with zero attached hydrogens (tertiary/aromatic N) is 6. The summed E-state index contributed by atoms with van der Waals surface area (Å²) >= 11 is 0. The van der Waals surface area contributed by atoms with E-state index in [1.807, 2.05) is 30.8 Å². The van der Waals surface area contributed by atoms with E-state index in [2.05, 4.69) is 55.3 Å². The van der Waals surface area contributed by atoms with Crippen molar-refractivity contribution in [1.29, 1.82) is 0 Å². The highest BCUT2D eigenvalue weighted by Crippen LogP contribution is 2.24. The zero-order valence-electron chi connectivity index (χ0n) is 15.8. The molecular weight excluding hydrogens is 338 g/mol. The maximum Gasteiger partial charge on any atom is 0.222 e. The lowest BCUT2D eigenvalue weighted by atomic mass is 10.1. The highest BCUT2D eigenvalue weighted by atomic mass is 15.3. The molecule has 140 valence electrons. The molecule has 1 fully saturated rings. The van der Waals surface area contributed by atoms with Crippen LogP contribution >= 0.6 is 0 Å². The molecule has 0 spiro atoms. The van der Waals surface area contributed by atoms with Crippen LogP contribution in [0.4, 0.5) is 11.8 Å². The predicted octanol–water partition coefficient (Wildman–Crippen LogP) is 2.09. The summed E-state index contributed by atoms with van der Waals surface area (Å²) in [4.78, 5) is 13.3. The van der Waals surface area contributed by atoms with Crippen molar-refractivity contribution in [3.8, 4) is 11.3 Å². The number of anilines is 2. The van der Waals surface area contributed by atoms with Crippen LogP contribution in [0, 0.1) is 6.92 Å². The number of aromatic nitrogens is 4. The number of nitrogens with two attached hydrogens (primary N) is 1. The Bertz CT molecular complexity index is 891. The average Bonchev–Trinajstić information content (AvgIpc) is 3.02. The fraction of sp³-hybridized carbons (Fsp3) is 0.350. The van der Waals surface area contributed by atoms with Gasteiger partial charge < -0.3 is 10.6 Å². The maximum absolute atomic E-state index is 5.80. The van der Waals surface area contributed by atoms with Gasteiger partial charge in [0.25, 0.3) is 0 Å². The van der Waals surface area contributed by atoms with Gasteiger partial charge in [-0.2, -0.15) is 10.1 Å². The minimum atomic E-state index is 0.343. The predicted molar refractivity (Wildman–Crippen MR) is 107 cm³/mol. The summed E-state index contributed by atoms with van der Waals surface area (Å²) in [6.45, 7) is 6.66. The second-order valence-corrected chi connectivity index (χ2v) is 7.03. The summed E-state index contributed by atoms with van der Waals surface area (Å²) in [6.07, 6.45) is 2.13. The van der Waals surface area contributed by atoms with Crippen molar-refractivity contribution < 1.29 is 0 Å². The van der Waals surface area contributed by atoms with Gasteiger partial charge in [0.1, 0.15) is 5.82 Å². The standard InChI is InChI=1S/C20H25N7/c1-15-12-18(23-20(21)22-15)27-10-8-26(9-11-27)14-17-13-25(2)24-19(17)16-6-4-3-5-7-16/h3-7,12-13H,8-11,14H2,1-2H3,(H2,21,22,23). The summed E-state index contributed by atoms with van der Waals surface area (Å²) in [5.41, 5.74) is 10.2. The van der Waals surface area contributed by atoms with Crippen molar-refractivity contribution >= 4 is 11.8 Å². The van der Waals surface area contributed by atoms with Crippen molar-refractivity contribution in [2.24, 2.45) is 7.05 Å². The van der Waals surface area contributed by atoms with Crippen molar-refractivity contribution in [3.05, 3.63) is 53.9 Å². The van der Waals surface area contributed by atoms with Crippen molar-refractivity contribution in [2.75, 3.05) is 36.8 Å². The third-order valence-electron chi connectivity index (χ3n) is 4.90. The first-order valence-electron chi connectivity index (χ1n) is 9.25. The molecule has 0 radical (unpaired) electrons. The fourth-order valence-electron chi connectivity index (χ4n) is 3.60. The van der Waals surface area contributed by atoms with E-state index in [-0.39, 0.29) is 0 Å². The zero-order chi connectivity index (χ0) is 18.8. The second kappa shape index (κ2) is 7.36. The van der Waals surface area contributed by atoms with Gasteiger partial charge in [-0.15, -0.1) is 0 Å². The first kappa shape index (κ1) is 17.5. The number of hydrogen-bond acceptors (Lipinski definition) is 6. The molecule has 3 heterocycles. The van der Waals surface area contributed by atoms with Crippen LogP contribution in [0.1, 0.15) is 11.3 Å². The third kappa shape index (κ3) is 3.93. The van der Waals surface area contributed by atoms with Crippen LogP contribution in [-0.2, 0) is 13.6 Å². The van der Waals surface area contributed by atoms with Gasteiger partial charge in [0.15, 0.2) is 0 Å². The van der Waals surface area contributed by atoms with E-state index in [0.717, 1.165) is 49.9 Å². The van der Waals surface area contributed by atoms with Crippen LogP contribution in [0.3, 0.4) is 0 Å². The second-order valence-electron chi connectivity index (χ2n) is 7.03. The average molecular weight is 363 g/mol. The molecule has 0 atom stereocenters. The van der Waals surface area contributed by atoms with Gasteiger partial charge in [-0.25, -0.2) is 4.98 Å². The Morgan fingerprint density at radius 3 is 2.48 bits per heavy atom. The van der Waals surface area contributed by atoms with E-state index in [0.29, 0.717) is 5.95 Å². The first-order chi connectivity index (χ1) is 13.1. The summed E-state index contributed by atoms with van der Waals surface area (Å²) in [6, 6.07) is 12.4. The molecule has 3 aromatic rings. The molecule has 0 aliphatic carbocycles. The SMILES string of the molecule is Cc1cc(N2CCN(Cc3cn(C)nc3-c3ccccc3)CC2)nc(N)n1. The Kier molecular flexibility index (Phi) is 4.77. The fourth-order valence-corrected chi connectivity index (χ4v) is 3.60. The molecule has 1 saturated heterocycles. The first-order valence-corrected chi connectivity index (χ1v) is 9.25. The van der Waals surface area contributed by atoms with Gasteiger partial charge in [-0.05, 0) is 6.92 Å². The molecule has 7 nitrogen and oxygen atoms in total.